The third-order valence-electron chi connectivity index (χ3n) is 4.48. The fourth-order valence-corrected chi connectivity index (χ4v) is 3.57. The molecule has 4 heteroatoms. The average molecular weight is 314 g/mol. The standard InChI is InChI=1S/C18H17ClN2O/c1-22-13-5-2-11(3-6-13)17-18-14(8-9-20-17)15-10-12(19)4-7-16(15)21-18/h2-7,10,17,20-21H,8-9H2,1H3/p+1/t17-/m0/s1. The van der Waals surface area contributed by atoms with E-state index in [1.807, 2.05) is 18.2 Å². The zero-order valence-corrected chi connectivity index (χ0v) is 13.2. The molecular weight excluding hydrogens is 296 g/mol. The lowest BCUT2D eigenvalue weighted by Crippen LogP contribution is -2.87. The smallest absolute Gasteiger partial charge is 0.153 e. The van der Waals surface area contributed by atoms with Crippen LogP contribution in [0.5, 0.6) is 5.75 Å². The molecule has 1 atom stereocenters. The van der Waals surface area contributed by atoms with Crippen molar-refractivity contribution < 1.29 is 10.1 Å². The van der Waals surface area contributed by atoms with Gasteiger partial charge in [0.15, 0.2) is 6.04 Å². The maximum atomic E-state index is 6.17. The number of aromatic amines is 1. The van der Waals surface area contributed by atoms with Gasteiger partial charge in [0.1, 0.15) is 5.75 Å². The first-order valence-corrected chi connectivity index (χ1v) is 7.91. The topological polar surface area (TPSA) is 41.6 Å². The van der Waals surface area contributed by atoms with Gasteiger partial charge in [-0.2, -0.15) is 0 Å². The number of hydrogen-bond acceptors (Lipinski definition) is 1. The molecule has 0 fully saturated rings. The van der Waals surface area contributed by atoms with Gasteiger partial charge in [-0.1, -0.05) is 11.6 Å². The molecule has 3 N–H and O–H groups in total. The van der Waals surface area contributed by atoms with Gasteiger partial charge in [-0.15, -0.1) is 0 Å². The Morgan fingerprint density at radius 2 is 2.00 bits per heavy atom. The van der Waals surface area contributed by atoms with Gasteiger partial charge in [0, 0.05) is 27.9 Å². The molecule has 2 aromatic carbocycles. The predicted molar refractivity (Wildman–Crippen MR) is 88.6 cm³/mol. The number of fused-ring (bicyclic) bond motifs is 3. The highest BCUT2D eigenvalue weighted by Crippen LogP contribution is 2.32. The van der Waals surface area contributed by atoms with Crippen molar-refractivity contribution in [1.29, 1.82) is 0 Å². The number of quaternary nitrogens is 1. The largest absolute Gasteiger partial charge is 0.497 e. The molecule has 0 radical (unpaired) electrons. The van der Waals surface area contributed by atoms with Gasteiger partial charge in [0.25, 0.3) is 0 Å². The van der Waals surface area contributed by atoms with Crippen molar-refractivity contribution in [3.8, 4) is 5.75 Å². The number of ether oxygens (including phenoxy) is 1. The summed E-state index contributed by atoms with van der Waals surface area (Å²) < 4.78 is 5.25. The van der Waals surface area contributed by atoms with E-state index in [4.69, 9.17) is 16.3 Å². The minimum atomic E-state index is 0.306. The van der Waals surface area contributed by atoms with Crippen LogP contribution in [0, 0.1) is 0 Å². The summed E-state index contributed by atoms with van der Waals surface area (Å²) in [6, 6.07) is 14.7. The zero-order valence-electron chi connectivity index (χ0n) is 12.4. The highest BCUT2D eigenvalue weighted by molar-refractivity contribution is 6.31. The Labute approximate surface area is 134 Å². The lowest BCUT2D eigenvalue weighted by molar-refractivity contribution is -0.690. The molecule has 0 saturated heterocycles. The van der Waals surface area contributed by atoms with Gasteiger partial charge in [0.2, 0.25) is 0 Å². The van der Waals surface area contributed by atoms with Gasteiger partial charge in [0.05, 0.1) is 19.3 Å². The molecule has 0 saturated carbocycles. The van der Waals surface area contributed by atoms with E-state index in [1.54, 1.807) is 7.11 Å². The summed E-state index contributed by atoms with van der Waals surface area (Å²) in [5.41, 5.74) is 5.16. The van der Waals surface area contributed by atoms with Gasteiger partial charge in [-0.3, -0.25) is 0 Å². The van der Waals surface area contributed by atoms with Gasteiger partial charge >= 0.3 is 0 Å². The van der Waals surface area contributed by atoms with Gasteiger partial charge in [-0.25, -0.2) is 0 Å². The molecule has 0 bridgehead atoms. The van der Waals surface area contributed by atoms with Crippen LogP contribution in [0.2, 0.25) is 5.02 Å². The van der Waals surface area contributed by atoms with E-state index < -0.39 is 0 Å². The van der Waals surface area contributed by atoms with Crippen LogP contribution in [-0.4, -0.2) is 18.6 Å². The van der Waals surface area contributed by atoms with Crippen molar-refractivity contribution in [3.05, 3.63) is 64.3 Å². The maximum Gasteiger partial charge on any atom is 0.153 e. The lowest BCUT2D eigenvalue weighted by Gasteiger charge is -2.21. The third kappa shape index (κ3) is 2.18. The summed E-state index contributed by atoms with van der Waals surface area (Å²) >= 11 is 6.17. The van der Waals surface area contributed by atoms with Crippen LogP contribution >= 0.6 is 11.6 Å². The van der Waals surface area contributed by atoms with E-state index in [0.29, 0.717) is 6.04 Å². The molecule has 3 aromatic rings. The first-order chi connectivity index (χ1) is 10.8. The molecule has 1 aliphatic heterocycles. The molecule has 3 nitrogen and oxygen atoms in total. The molecule has 22 heavy (non-hydrogen) atoms. The molecule has 0 aliphatic carbocycles. The number of halogens is 1. The Kier molecular flexibility index (Phi) is 3.32. The van der Waals surface area contributed by atoms with E-state index in [0.717, 1.165) is 23.7 Å². The minimum absolute atomic E-state index is 0.306. The molecule has 1 aliphatic rings. The van der Waals surface area contributed by atoms with Crippen LogP contribution in [0.4, 0.5) is 0 Å². The SMILES string of the molecule is COc1ccc([C@@H]2[NH2+]CCc3c2[nH]c2ccc(Cl)cc32)cc1. The second-order valence-electron chi connectivity index (χ2n) is 5.73. The summed E-state index contributed by atoms with van der Waals surface area (Å²) in [6.07, 6.45) is 1.07. The van der Waals surface area contributed by atoms with Crippen molar-refractivity contribution in [3.63, 3.8) is 0 Å². The van der Waals surface area contributed by atoms with E-state index in [-0.39, 0.29) is 0 Å². The molecule has 0 spiro atoms. The van der Waals surface area contributed by atoms with Crippen molar-refractivity contribution in [2.75, 3.05) is 13.7 Å². The summed E-state index contributed by atoms with van der Waals surface area (Å²) in [5.74, 6) is 0.892. The van der Waals surface area contributed by atoms with Crippen molar-refractivity contribution in [1.82, 2.24) is 4.98 Å². The number of hydrogen-bond donors (Lipinski definition) is 2. The number of aromatic nitrogens is 1. The average Bonchev–Trinajstić information content (AvgIpc) is 2.93. The van der Waals surface area contributed by atoms with Crippen LogP contribution in [-0.2, 0) is 6.42 Å². The molecule has 112 valence electrons. The normalized spacial score (nSPS) is 17.5. The third-order valence-corrected chi connectivity index (χ3v) is 4.72. The number of methoxy groups -OCH3 is 1. The monoisotopic (exact) mass is 313 g/mol. The van der Waals surface area contributed by atoms with Crippen LogP contribution in [0.15, 0.2) is 42.5 Å². The number of H-pyrrole nitrogens is 1. The highest BCUT2D eigenvalue weighted by atomic mass is 35.5. The summed E-state index contributed by atoms with van der Waals surface area (Å²) in [5, 5.41) is 4.44. The maximum absolute atomic E-state index is 6.17. The Bertz CT molecular complexity index is 823. The Morgan fingerprint density at radius 1 is 1.18 bits per heavy atom. The van der Waals surface area contributed by atoms with E-state index in [2.05, 4.69) is 34.6 Å². The van der Waals surface area contributed by atoms with Crippen LogP contribution in [0.25, 0.3) is 10.9 Å². The van der Waals surface area contributed by atoms with Gasteiger partial charge < -0.3 is 15.0 Å². The van der Waals surface area contributed by atoms with Crippen molar-refractivity contribution in [2.24, 2.45) is 0 Å². The molecular formula is C18H18ClN2O+. The molecule has 2 heterocycles. The lowest BCUT2D eigenvalue weighted by atomic mass is 9.94. The molecule has 4 rings (SSSR count). The quantitative estimate of drug-likeness (QED) is 0.750. The van der Waals surface area contributed by atoms with E-state index >= 15 is 0 Å². The van der Waals surface area contributed by atoms with Crippen molar-refractivity contribution >= 4 is 22.5 Å². The van der Waals surface area contributed by atoms with Crippen LogP contribution < -0.4 is 10.1 Å². The fraction of sp³-hybridized carbons (Fsp3) is 0.222. The molecule has 0 unspecified atom stereocenters. The summed E-state index contributed by atoms with van der Waals surface area (Å²) in [4.78, 5) is 3.60. The Hall–Kier alpha value is -1.97. The van der Waals surface area contributed by atoms with E-state index in [1.165, 1.54) is 27.7 Å². The van der Waals surface area contributed by atoms with Crippen LogP contribution in [0.3, 0.4) is 0 Å². The summed E-state index contributed by atoms with van der Waals surface area (Å²) in [6.45, 7) is 1.09. The molecule has 0 amide bonds. The number of benzene rings is 2. The Balaban J connectivity index is 1.82. The fourth-order valence-electron chi connectivity index (χ4n) is 3.40. The summed E-state index contributed by atoms with van der Waals surface area (Å²) in [7, 11) is 1.70. The first-order valence-electron chi connectivity index (χ1n) is 7.53. The van der Waals surface area contributed by atoms with E-state index in [9.17, 15) is 0 Å². The number of nitrogens with one attached hydrogen (secondary N) is 1. The predicted octanol–water partition coefficient (Wildman–Crippen LogP) is 3.04. The van der Waals surface area contributed by atoms with Crippen LogP contribution in [0.1, 0.15) is 22.9 Å². The van der Waals surface area contributed by atoms with Crippen molar-refractivity contribution in [2.45, 2.75) is 12.5 Å². The number of rotatable bonds is 2. The zero-order chi connectivity index (χ0) is 15.1. The second-order valence-corrected chi connectivity index (χ2v) is 6.17. The second kappa shape index (κ2) is 5.34. The highest BCUT2D eigenvalue weighted by Gasteiger charge is 2.28. The molecule has 1 aromatic heterocycles. The Morgan fingerprint density at radius 3 is 2.77 bits per heavy atom. The minimum Gasteiger partial charge on any atom is -0.497 e. The first kappa shape index (κ1) is 13.7. The van der Waals surface area contributed by atoms with Gasteiger partial charge in [-0.05, 0) is 48.0 Å². The number of nitrogens with two attached hydrogens (primary N) is 1.